The molecule has 0 aliphatic carbocycles. The summed E-state index contributed by atoms with van der Waals surface area (Å²) in [6, 6.07) is 6.56. The normalized spacial score (nSPS) is 27.3. The number of imide groups is 1. The quantitative estimate of drug-likeness (QED) is 0.673. The highest BCUT2D eigenvalue weighted by molar-refractivity contribution is 8.18. The van der Waals surface area contributed by atoms with Crippen LogP contribution in [0.25, 0.3) is 6.08 Å². The zero-order valence-corrected chi connectivity index (χ0v) is 18.6. The summed E-state index contributed by atoms with van der Waals surface area (Å²) >= 11 is 8.60. The van der Waals surface area contributed by atoms with Crippen molar-refractivity contribution in [2.24, 2.45) is 0 Å². The van der Waals surface area contributed by atoms with E-state index in [4.69, 9.17) is 11.6 Å². The smallest absolute Gasteiger partial charge is 0.293 e. The van der Waals surface area contributed by atoms with Crippen LogP contribution in [0.4, 0.5) is 4.79 Å². The molecule has 0 radical (unpaired) electrons. The molecule has 3 aliphatic rings. The zero-order valence-electron chi connectivity index (χ0n) is 16.2. The summed E-state index contributed by atoms with van der Waals surface area (Å²) in [5.74, 6) is -0.104. The Labute approximate surface area is 187 Å². The molecule has 0 unspecified atom stereocenters. The number of nitrogens with one attached hydrogen (secondary N) is 1. The van der Waals surface area contributed by atoms with Gasteiger partial charge in [-0.2, -0.15) is 0 Å². The third kappa shape index (κ3) is 3.86. The lowest BCUT2D eigenvalue weighted by molar-refractivity contribution is -0.137. The van der Waals surface area contributed by atoms with E-state index in [9.17, 15) is 19.2 Å². The lowest BCUT2D eigenvalue weighted by atomic mass is 10.2. The van der Waals surface area contributed by atoms with Crippen LogP contribution in [-0.2, 0) is 14.4 Å². The fraction of sp³-hybridized carbons (Fsp3) is 0.400. The average molecular weight is 466 g/mol. The monoisotopic (exact) mass is 465 g/mol. The maximum atomic E-state index is 12.6. The van der Waals surface area contributed by atoms with Crippen LogP contribution in [0.5, 0.6) is 0 Å². The second-order valence-electron chi connectivity index (χ2n) is 7.41. The van der Waals surface area contributed by atoms with E-state index in [1.54, 1.807) is 47.0 Å². The molecule has 0 spiro atoms. The Hall–Kier alpha value is -1.97. The number of hydrogen-bond donors (Lipinski definition) is 1. The van der Waals surface area contributed by atoms with Gasteiger partial charge in [0.05, 0.1) is 9.78 Å². The summed E-state index contributed by atoms with van der Waals surface area (Å²) in [4.78, 5) is 52.4. The minimum absolute atomic E-state index is 0.00157. The number of amides is 4. The number of nitrogens with zero attached hydrogens (tertiary/aromatic N) is 2. The van der Waals surface area contributed by atoms with Crippen molar-refractivity contribution in [1.29, 1.82) is 0 Å². The van der Waals surface area contributed by atoms with Gasteiger partial charge in [-0.1, -0.05) is 29.8 Å². The SMILES string of the molecule is C[C@@]12CCC(=O)N1[C@@H](C(=O)NCCN1C(=O)S/C(=C\c3ccccc3Cl)C1=O)CS2. The van der Waals surface area contributed by atoms with Crippen molar-refractivity contribution >= 4 is 64.2 Å². The number of halogens is 1. The maximum Gasteiger partial charge on any atom is 0.293 e. The van der Waals surface area contributed by atoms with E-state index in [-0.39, 0.29) is 35.0 Å². The van der Waals surface area contributed by atoms with Gasteiger partial charge in [0, 0.05) is 30.3 Å². The number of fused-ring (bicyclic) bond motifs is 1. The molecule has 2 atom stereocenters. The van der Waals surface area contributed by atoms with E-state index in [2.05, 4.69) is 5.32 Å². The molecule has 3 heterocycles. The fourth-order valence-corrected chi connectivity index (χ4v) is 6.33. The number of benzene rings is 1. The van der Waals surface area contributed by atoms with Crippen molar-refractivity contribution < 1.29 is 19.2 Å². The van der Waals surface area contributed by atoms with Gasteiger partial charge in [-0.05, 0) is 42.8 Å². The summed E-state index contributed by atoms with van der Waals surface area (Å²) in [7, 11) is 0. The first-order valence-corrected chi connectivity index (χ1v) is 11.7. The first-order valence-electron chi connectivity index (χ1n) is 9.54. The van der Waals surface area contributed by atoms with Gasteiger partial charge >= 0.3 is 0 Å². The number of rotatable bonds is 5. The summed E-state index contributed by atoms with van der Waals surface area (Å²) in [6.45, 7) is 2.19. The maximum absolute atomic E-state index is 12.6. The van der Waals surface area contributed by atoms with Gasteiger partial charge in [-0.15, -0.1) is 11.8 Å². The van der Waals surface area contributed by atoms with E-state index in [1.165, 1.54) is 0 Å². The number of carbonyl (C=O) groups excluding carboxylic acids is 4. The Balaban J connectivity index is 1.35. The standard InChI is InChI=1S/C20H20ClN3O4S2/c1-20-7-6-16(25)24(20)14(11-29-20)17(26)22-8-9-23-18(27)15(30-19(23)28)10-12-4-2-3-5-13(12)21/h2-5,10,14H,6-9,11H2,1H3,(H,22,26)/b15-10-/t14-,20-/m1/s1. The van der Waals surface area contributed by atoms with Crippen LogP contribution in [0.15, 0.2) is 29.2 Å². The lowest BCUT2D eigenvalue weighted by Gasteiger charge is -2.29. The fourth-order valence-electron chi connectivity index (χ4n) is 3.85. The minimum atomic E-state index is -0.509. The second-order valence-corrected chi connectivity index (χ2v) is 10.3. The molecule has 0 saturated carbocycles. The Morgan fingerprint density at radius 3 is 2.87 bits per heavy atom. The number of carbonyl (C=O) groups is 4. The Morgan fingerprint density at radius 1 is 1.33 bits per heavy atom. The molecule has 3 fully saturated rings. The first kappa shape index (κ1) is 21.3. The number of thioether (sulfide) groups is 2. The molecule has 3 aliphatic heterocycles. The molecule has 4 amide bonds. The topological polar surface area (TPSA) is 86.8 Å². The van der Waals surface area contributed by atoms with Gasteiger partial charge in [0.1, 0.15) is 6.04 Å². The molecular formula is C20H20ClN3O4S2. The van der Waals surface area contributed by atoms with Gasteiger partial charge in [0.15, 0.2) is 0 Å². The lowest BCUT2D eigenvalue weighted by Crippen LogP contribution is -2.51. The second kappa shape index (κ2) is 8.28. The van der Waals surface area contributed by atoms with Gasteiger partial charge in [-0.25, -0.2) is 0 Å². The van der Waals surface area contributed by atoms with Gasteiger partial charge in [0.25, 0.3) is 11.1 Å². The Bertz CT molecular complexity index is 969. The molecule has 0 bridgehead atoms. The molecule has 0 aromatic heterocycles. The summed E-state index contributed by atoms with van der Waals surface area (Å²) in [6.07, 6.45) is 2.80. The van der Waals surface area contributed by atoms with Crippen molar-refractivity contribution in [2.75, 3.05) is 18.8 Å². The summed E-state index contributed by atoms with van der Waals surface area (Å²) in [5.41, 5.74) is 0.662. The third-order valence-corrected chi connectivity index (χ3v) is 8.20. The van der Waals surface area contributed by atoms with Crippen LogP contribution in [0, 0.1) is 0 Å². The van der Waals surface area contributed by atoms with Crippen molar-refractivity contribution in [3.8, 4) is 0 Å². The molecule has 30 heavy (non-hydrogen) atoms. The van der Waals surface area contributed by atoms with Gasteiger partial charge in [0.2, 0.25) is 11.8 Å². The Morgan fingerprint density at radius 2 is 2.10 bits per heavy atom. The largest absolute Gasteiger partial charge is 0.352 e. The highest BCUT2D eigenvalue weighted by atomic mass is 35.5. The molecule has 7 nitrogen and oxygen atoms in total. The van der Waals surface area contributed by atoms with Crippen LogP contribution in [0.3, 0.4) is 0 Å². The van der Waals surface area contributed by atoms with Crippen LogP contribution < -0.4 is 5.32 Å². The Kier molecular flexibility index (Phi) is 5.87. The van der Waals surface area contributed by atoms with Gasteiger partial charge < -0.3 is 10.2 Å². The molecule has 1 aromatic rings. The van der Waals surface area contributed by atoms with E-state index in [0.29, 0.717) is 27.7 Å². The van der Waals surface area contributed by atoms with E-state index in [0.717, 1.165) is 23.1 Å². The van der Waals surface area contributed by atoms with Crippen LogP contribution >= 0.6 is 35.1 Å². The van der Waals surface area contributed by atoms with Crippen molar-refractivity contribution in [1.82, 2.24) is 15.1 Å². The van der Waals surface area contributed by atoms with E-state index < -0.39 is 11.9 Å². The zero-order chi connectivity index (χ0) is 21.5. The molecular weight excluding hydrogens is 446 g/mol. The summed E-state index contributed by atoms with van der Waals surface area (Å²) < 4.78 is 0. The number of hydrogen-bond acceptors (Lipinski definition) is 6. The molecule has 3 saturated heterocycles. The predicted molar refractivity (Wildman–Crippen MR) is 118 cm³/mol. The molecule has 4 rings (SSSR count). The van der Waals surface area contributed by atoms with Crippen molar-refractivity contribution in [3.05, 3.63) is 39.8 Å². The van der Waals surface area contributed by atoms with Crippen LogP contribution in [0.2, 0.25) is 5.02 Å². The van der Waals surface area contributed by atoms with Crippen molar-refractivity contribution in [2.45, 2.75) is 30.7 Å². The van der Waals surface area contributed by atoms with E-state index in [1.807, 2.05) is 6.92 Å². The highest BCUT2D eigenvalue weighted by Gasteiger charge is 2.52. The summed E-state index contributed by atoms with van der Waals surface area (Å²) in [5, 5.41) is 2.89. The molecule has 1 aromatic carbocycles. The van der Waals surface area contributed by atoms with Crippen molar-refractivity contribution in [3.63, 3.8) is 0 Å². The van der Waals surface area contributed by atoms with Crippen LogP contribution in [-0.4, -0.2) is 62.5 Å². The third-order valence-electron chi connectivity index (χ3n) is 5.45. The molecule has 1 N–H and O–H groups in total. The first-order chi connectivity index (χ1) is 14.3. The van der Waals surface area contributed by atoms with E-state index >= 15 is 0 Å². The minimum Gasteiger partial charge on any atom is -0.352 e. The van der Waals surface area contributed by atoms with Gasteiger partial charge in [-0.3, -0.25) is 24.1 Å². The molecule has 10 heteroatoms. The highest BCUT2D eigenvalue weighted by Crippen LogP contribution is 2.47. The average Bonchev–Trinajstić information content (AvgIpc) is 3.30. The predicted octanol–water partition coefficient (Wildman–Crippen LogP) is 2.95. The van der Waals surface area contributed by atoms with Crippen LogP contribution in [0.1, 0.15) is 25.3 Å². The molecule has 158 valence electrons.